The highest BCUT2D eigenvalue weighted by Gasteiger charge is 2.29. The van der Waals surface area contributed by atoms with E-state index in [9.17, 15) is 4.79 Å². The summed E-state index contributed by atoms with van der Waals surface area (Å²) in [5, 5.41) is 0. The lowest BCUT2D eigenvalue weighted by molar-refractivity contribution is -0.123. The summed E-state index contributed by atoms with van der Waals surface area (Å²) in [4.78, 5) is 11.8. The van der Waals surface area contributed by atoms with Gasteiger partial charge >= 0.3 is 0 Å². The second kappa shape index (κ2) is 7.05. The van der Waals surface area contributed by atoms with Crippen LogP contribution in [0.2, 0.25) is 0 Å². The minimum absolute atomic E-state index is 0.125. The van der Waals surface area contributed by atoms with Crippen molar-refractivity contribution in [3.8, 4) is 0 Å². The van der Waals surface area contributed by atoms with Gasteiger partial charge in [-0.25, -0.2) is 0 Å². The van der Waals surface area contributed by atoms with Crippen molar-refractivity contribution in [1.82, 2.24) is 0 Å². The number of hydrogen-bond donors (Lipinski definition) is 0. The topological polar surface area (TPSA) is 26.3 Å². The molecule has 0 spiro atoms. The summed E-state index contributed by atoms with van der Waals surface area (Å²) in [5.41, 5.74) is 0.125. The Morgan fingerprint density at radius 3 is 2.75 bits per heavy atom. The van der Waals surface area contributed by atoms with E-state index in [0.29, 0.717) is 5.78 Å². The third-order valence-electron chi connectivity index (χ3n) is 3.45. The van der Waals surface area contributed by atoms with Gasteiger partial charge < -0.3 is 4.74 Å². The molecule has 1 fully saturated rings. The second-order valence-electron chi connectivity index (χ2n) is 5.49. The molecule has 1 aliphatic heterocycles. The minimum Gasteiger partial charge on any atom is -0.381 e. The predicted molar refractivity (Wildman–Crippen MR) is 66.5 cm³/mol. The monoisotopic (exact) mass is 226 g/mol. The van der Waals surface area contributed by atoms with E-state index in [2.05, 4.69) is 13.8 Å². The Bertz CT molecular complexity index is 205. The summed E-state index contributed by atoms with van der Waals surface area (Å²) in [6.45, 7) is 6.03. The number of unbranched alkanes of at least 4 members (excludes halogenated alkanes) is 3. The molecule has 1 unspecified atom stereocenters. The minimum atomic E-state index is 0.125. The van der Waals surface area contributed by atoms with Crippen molar-refractivity contribution < 1.29 is 9.53 Å². The van der Waals surface area contributed by atoms with Crippen molar-refractivity contribution in [1.29, 1.82) is 0 Å². The van der Waals surface area contributed by atoms with Crippen molar-refractivity contribution in [2.45, 2.75) is 65.2 Å². The van der Waals surface area contributed by atoms with Crippen LogP contribution in [-0.4, -0.2) is 19.0 Å². The van der Waals surface area contributed by atoms with Crippen LogP contribution in [0, 0.1) is 5.41 Å². The fourth-order valence-corrected chi connectivity index (χ4v) is 2.44. The maximum absolute atomic E-state index is 11.8. The molecule has 16 heavy (non-hydrogen) atoms. The fraction of sp³-hybridized carbons (Fsp3) is 0.929. The highest BCUT2D eigenvalue weighted by molar-refractivity contribution is 5.79. The maximum Gasteiger partial charge on any atom is 0.133 e. The predicted octanol–water partition coefficient (Wildman–Crippen LogP) is 3.73. The maximum atomic E-state index is 11.8. The molecular weight excluding hydrogens is 200 g/mol. The van der Waals surface area contributed by atoms with Gasteiger partial charge in [0.1, 0.15) is 5.78 Å². The number of ketones is 1. The highest BCUT2D eigenvalue weighted by Crippen LogP contribution is 2.32. The van der Waals surface area contributed by atoms with Crippen LogP contribution < -0.4 is 0 Å². The Morgan fingerprint density at radius 1 is 1.31 bits per heavy atom. The summed E-state index contributed by atoms with van der Waals surface area (Å²) in [6.07, 6.45) is 8.52. The average molecular weight is 226 g/mol. The van der Waals surface area contributed by atoms with Gasteiger partial charge in [0.05, 0.1) is 6.61 Å². The molecule has 2 nitrogen and oxygen atoms in total. The van der Waals surface area contributed by atoms with Gasteiger partial charge in [-0.2, -0.15) is 0 Å². The molecule has 1 atom stereocenters. The Morgan fingerprint density at radius 2 is 2.12 bits per heavy atom. The molecule has 1 rings (SSSR count). The van der Waals surface area contributed by atoms with Gasteiger partial charge in [0.25, 0.3) is 0 Å². The molecule has 2 heteroatoms. The Balaban J connectivity index is 2.17. The van der Waals surface area contributed by atoms with Crippen LogP contribution in [0.3, 0.4) is 0 Å². The number of hydrogen-bond acceptors (Lipinski definition) is 2. The normalized spacial score (nSPS) is 25.6. The van der Waals surface area contributed by atoms with E-state index in [-0.39, 0.29) is 5.41 Å². The molecule has 0 aromatic heterocycles. The molecule has 94 valence electrons. The van der Waals surface area contributed by atoms with Gasteiger partial charge in [-0.15, -0.1) is 0 Å². The molecule has 0 bridgehead atoms. The second-order valence-corrected chi connectivity index (χ2v) is 5.49. The van der Waals surface area contributed by atoms with Crippen molar-refractivity contribution in [2.75, 3.05) is 13.2 Å². The van der Waals surface area contributed by atoms with Crippen LogP contribution in [0.15, 0.2) is 0 Å². The molecule has 0 saturated carbocycles. The zero-order valence-electron chi connectivity index (χ0n) is 10.9. The van der Waals surface area contributed by atoms with Crippen molar-refractivity contribution in [3.05, 3.63) is 0 Å². The standard InChI is InChI=1S/C14H26O2/c1-3-4-5-6-8-13(15)11-14(2)9-7-10-16-12-14/h3-12H2,1-2H3. The van der Waals surface area contributed by atoms with Crippen LogP contribution in [0.4, 0.5) is 0 Å². The molecule has 0 N–H and O–H groups in total. The molecule has 1 saturated heterocycles. The smallest absolute Gasteiger partial charge is 0.133 e. The van der Waals surface area contributed by atoms with E-state index in [0.717, 1.165) is 45.3 Å². The molecule has 1 aliphatic rings. The van der Waals surface area contributed by atoms with Crippen molar-refractivity contribution in [2.24, 2.45) is 5.41 Å². The number of carbonyl (C=O) groups excluding carboxylic acids is 1. The highest BCUT2D eigenvalue weighted by atomic mass is 16.5. The molecule has 0 amide bonds. The van der Waals surface area contributed by atoms with Crippen LogP contribution in [0.5, 0.6) is 0 Å². The third-order valence-corrected chi connectivity index (χ3v) is 3.45. The fourth-order valence-electron chi connectivity index (χ4n) is 2.44. The summed E-state index contributed by atoms with van der Waals surface area (Å²) in [5.74, 6) is 0.434. The summed E-state index contributed by atoms with van der Waals surface area (Å²) < 4.78 is 5.48. The quantitative estimate of drug-likeness (QED) is 0.618. The number of rotatable bonds is 7. The van der Waals surface area contributed by atoms with E-state index in [1.807, 2.05) is 0 Å². The largest absolute Gasteiger partial charge is 0.381 e. The van der Waals surface area contributed by atoms with Crippen LogP contribution in [-0.2, 0) is 9.53 Å². The number of Topliss-reactive ketones (excluding diaryl/α,β-unsaturated/α-hetero) is 1. The Labute approximate surface area is 99.8 Å². The Kier molecular flexibility index (Phi) is 6.04. The van der Waals surface area contributed by atoms with Gasteiger partial charge in [0.15, 0.2) is 0 Å². The number of ether oxygens (including phenoxy) is 1. The molecule has 0 aromatic rings. The lowest BCUT2D eigenvalue weighted by Gasteiger charge is -2.32. The van der Waals surface area contributed by atoms with E-state index >= 15 is 0 Å². The van der Waals surface area contributed by atoms with Gasteiger partial charge in [-0.05, 0) is 24.7 Å². The molecule has 0 aromatic carbocycles. The third kappa shape index (κ3) is 5.11. The van der Waals surface area contributed by atoms with Crippen LogP contribution in [0.25, 0.3) is 0 Å². The lowest BCUT2D eigenvalue weighted by atomic mass is 9.79. The first kappa shape index (κ1) is 13.7. The SMILES string of the molecule is CCCCCCC(=O)CC1(C)CCCOC1. The zero-order chi connectivity index (χ0) is 11.9. The van der Waals surface area contributed by atoms with E-state index in [1.54, 1.807) is 0 Å². The molecule has 0 radical (unpaired) electrons. The van der Waals surface area contributed by atoms with E-state index in [4.69, 9.17) is 4.74 Å². The molecular formula is C14H26O2. The summed E-state index contributed by atoms with van der Waals surface area (Å²) in [7, 11) is 0. The van der Waals surface area contributed by atoms with E-state index < -0.39 is 0 Å². The van der Waals surface area contributed by atoms with Crippen LogP contribution >= 0.6 is 0 Å². The van der Waals surface area contributed by atoms with Gasteiger partial charge in [0, 0.05) is 19.4 Å². The van der Waals surface area contributed by atoms with Crippen molar-refractivity contribution in [3.63, 3.8) is 0 Å². The lowest BCUT2D eigenvalue weighted by Crippen LogP contribution is -2.31. The van der Waals surface area contributed by atoms with Gasteiger partial charge in [-0.3, -0.25) is 4.79 Å². The zero-order valence-corrected chi connectivity index (χ0v) is 10.9. The summed E-state index contributed by atoms with van der Waals surface area (Å²) in [6, 6.07) is 0. The summed E-state index contributed by atoms with van der Waals surface area (Å²) >= 11 is 0. The Hall–Kier alpha value is -0.370. The van der Waals surface area contributed by atoms with Gasteiger partial charge in [0.2, 0.25) is 0 Å². The first-order valence-electron chi connectivity index (χ1n) is 6.76. The first-order chi connectivity index (χ1) is 7.66. The molecule has 1 heterocycles. The van der Waals surface area contributed by atoms with Crippen LogP contribution in [0.1, 0.15) is 65.2 Å². The first-order valence-corrected chi connectivity index (χ1v) is 6.76. The molecule has 0 aliphatic carbocycles. The van der Waals surface area contributed by atoms with E-state index in [1.165, 1.54) is 19.3 Å². The average Bonchev–Trinajstić information content (AvgIpc) is 2.25. The number of carbonyl (C=O) groups is 1. The van der Waals surface area contributed by atoms with Gasteiger partial charge in [-0.1, -0.05) is 33.1 Å². The van der Waals surface area contributed by atoms with Crippen molar-refractivity contribution >= 4 is 5.78 Å².